The van der Waals surface area contributed by atoms with Crippen molar-refractivity contribution in [3.8, 4) is 45.2 Å². The summed E-state index contributed by atoms with van der Waals surface area (Å²) in [7, 11) is 0. The van der Waals surface area contributed by atoms with Gasteiger partial charge in [0.05, 0.1) is 50.5 Å². The van der Waals surface area contributed by atoms with Crippen LogP contribution in [-0.4, -0.2) is 24.9 Å². The lowest BCUT2D eigenvalue weighted by atomic mass is 9.96. The summed E-state index contributed by atoms with van der Waals surface area (Å²) in [5, 5.41) is 4.32. The minimum atomic E-state index is 0.827. The van der Waals surface area contributed by atoms with E-state index in [0.29, 0.717) is 0 Å². The van der Waals surface area contributed by atoms with E-state index in [2.05, 4.69) is 83.8 Å². The molecule has 9 aromatic rings. The molecule has 0 atom stereocenters. The molecule has 0 spiro atoms. The van der Waals surface area contributed by atoms with Gasteiger partial charge in [-0.1, -0.05) is 103 Å². The van der Waals surface area contributed by atoms with Gasteiger partial charge in [0.1, 0.15) is 0 Å². The average molecular weight is 588 g/mol. The lowest BCUT2D eigenvalue weighted by Crippen LogP contribution is -1.96. The van der Waals surface area contributed by atoms with Gasteiger partial charge in [0.2, 0.25) is 0 Å². The lowest BCUT2D eigenvalue weighted by molar-refractivity contribution is 1.27. The molecule has 46 heavy (non-hydrogen) atoms. The smallest absolute Gasteiger partial charge is 0.0973 e. The van der Waals surface area contributed by atoms with E-state index < -0.39 is 0 Å². The predicted octanol–water partition coefficient (Wildman–Crippen LogP) is 9.94. The van der Waals surface area contributed by atoms with Gasteiger partial charge < -0.3 is 0 Å². The number of fused-ring (bicyclic) bond motifs is 5. The maximum Gasteiger partial charge on any atom is 0.0973 e. The van der Waals surface area contributed by atoms with E-state index in [0.717, 1.165) is 88.8 Å². The molecular formula is C41H25N5. The number of para-hydroxylation sites is 2. The van der Waals surface area contributed by atoms with E-state index in [-0.39, 0.29) is 0 Å². The van der Waals surface area contributed by atoms with E-state index in [9.17, 15) is 0 Å². The molecule has 0 aliphatic heterocycles. The first-order valence-electron chi connectivity index (χ1n) is 15.3. The van der Waals surface area contributed by atoms with E-state index >= 15 is 0 Å². The first-order valence-corrected chi connectivity index (χ1v) is 15.3. The van der Waals surface area contributed by atoms with Gasteiger partial charge in [0.25, 0.3) is 0 Å². The Hall–Kier alpha value is -6.33. The van der Waals surface area contributed by atoms with Crippen molar-refractivity contribution >= 4 is 43.6 Å². The molecule has 9 rings (SSSR count). The third kappa shape index (κ3) is 4.45. The highest BCUT2D eigenvalue weighted by Crippen LogP contribution is 2.36. The second-order valence-electron chi connectivity index (χ2n) is 11.3. The van der Waals surface area contributed by atoms with Crippen LogP contribution in [0.2, 0.25) is 0 Å². The van der Waals surface area contributed by atoms with Crippen molar-refractivity contribution in [2.24, 2.45) is 0 Å². The van der Waals surface area contributed by atoms with Crippen LogP contribution >= 0.6 is 0 Å². The molecule has 4 aromatic heterocycles. The monoisotopic (exact) mass is 587 g/mol. The summed E-state index contributed by atoms with van der Waals surface area (Å²) in [6.45, 7) is 0. The van der Waals surface area contributed by atoms with Crippen LogP contribution < -0.4 is 0 Å². The molecule has 0 saturated heterocycles. The quantitative estimate of drug-likeness (QED) is 0.192. The summed E-state index contributed by atoms with van der Waals surface area (Å²) in [6, 6.07) is 49.7. The SMILES string of the molecule is c1ccc(-c2nc3ccccc3nc2-c2ccc3cccc(-c4ccc5ccc6ccc(-c7ccccn7)nc6c5n4)c3c2)cc1. The second-order valence-corrected chi connectivity index (χ2v) is 11.3. The second kappa shape index (κ2) is 10.7. The van der Waals surface area contributed by atoms with Crippen molar-refractivity contribution in [3.05, 3.63) is 152 Å². The fraction of sp³-hybridized carbons (Fsp3) is 0. The highest BCUT2D eigenvalue weighted by Gasteiger charge is 2.16. The summed E-state index contributed by atoms with van der Waals surface area (Å²) >= 11 is 0. The Kier molecular flexibility index (Phi) is 6.06. The molecule has 5 nitrogen and oxygen atoms in total. The Morgan fingerprint density at radius 2 is 1.00 bits per heavy atom. The molecule has 0 aliphatic carbocycles. The molecule has 0 aliphatic rings. The zero-order valence-corrected chi connectivity index (χ0v) is 24.7. The average Bonchev–Trinajstić information content (AvgIpc) is 3.14. The van der Waals surface area contributed by atoms with Crippen LogP contribution in [0.3, 0.4) is 0 Å². The van der Waals surface area contributed by atoms with Crippen molar-refractivity contribution in [2.75, 3.05) is 0 Å². The fourth-order valence-corrected chi connectivity index (χ4v) is 6.22. The minimum absolute atomic E-state index is 0.827. The standard InChI is InChI=1S/C41H25N5/c1-2-9-27(10-3-1)38-41(45-36-15-5-4-14-35(36)44-38)30-19-16-26-11-8-12-31(32(26)25-30)33-22-20-28-17-18-29-21-23-37(34-13-6-7-24-42-34)46-40(29)39(28)43-33/h1-25H. The van der Waals surface area contributed by atoms with E-state index in [1.54, 1.807) is 6.20 Å². The highest BCUT2D eigenvalue weighted by molar-refractivity contribution is 6.05. The summed E-state index contributed by atoms with van der Waals surface area (Å²) in [4.78, 5) is 25.1. The Labute approximate surface area is 264 Å². The Bertz CT molecular complexity index is 2580. The van der Waals surface area contributed by atoms with Crippen molar-refractivity contribution in [3.63, 3.8) is 0 Å². The summed E-state index contributed by atoms with van der Waals surface area (Å²) in [6.07, 6.45) is 1.79. The number of nitrogens with zero attached hydrogens (tertiary/aromatic N) is 5. The zero-order chi connectivity index (χ0) is 30.5. The third-order valence-electron chi connectivity index (χ3n) is 8.50. The van der Waals surface area contributed by atoms with Crippen LogP contribution in [0.5, 0.6) is 0 Å². The van der Waals surface area contributed by atoms with Gasteiger partial charge in [-0.15, -0.1) is 0 Å². The number of hydrogen-bond acceptors (Lipinski definition) is 5. The Balaban J connectivity index is 1.24. The molecule has 0 radical (unpaired) electrons. The largest absolute Gasteiger partial charge is 0.255 e. The molecule has 214 valence electrons. The highest BCUT2D eigenvalue weighted by atomic mass is 14.8. The Morgan fingerprint density at radius 1 is 0.370 bits per heavy atom. The maximum atomic E-state index is 5.26. The molecule has 0 saturated carbocycles. The van der Waals surface area contributed by atoms with Crippen molar-refractivity contribution in [2.45, 2.75) is 0 Å². The normalized spacial score (nSPS) is 11.5. The maximum absolute atomic E-state index is 5.26. The molecular weight excluding hydrogens is 562 g/mol. The number of hydrogen-bond donors (Lipinski definition) is 0. The first kappa shape index (κ1) is 26.1. The van der Waals surface area contributed by atoms with Crippen LogP contribution in [0.25, 0.3) is 88.8 Å². The predicted molar refractivity (Wildman–Crippen MR) is 187 cm³/mol. The molecule has 0 bridgehead atoms. The Morgan fingerprint density at radius 3 is 1.74 bits per heavy atom. The van der Waals surface area contributed by atoms with Crippen molar-refractivity contribution < 1.29 is 0 Å². The molecule has 0 fully saturated rings. The van der Waals surface area contributed by atoms with Gasteiger partial charge in [-0.2, -0.15) is 0 Å². The molecule has 5 heteroatoms. The lowest BCUT2D eigenvalue weighted by Gasteiger charge is -2.13. The van der Waals surface area contributed by atoms with Crippen LogP contribution in [0, 0.1) is 0 Å². The van der Waals surface area contributed by atoms with Crippen molar-refractivity contribution in [1.29, 1.82) is 0 Å². The molecule has 5 aromatic carbocycles. The van der Waals surface area contributed by atoms with Gasteiger partial charge in [-0.25, -0.2) is 19.9 Å². The molecule has 0 amide bonds. The van der Waals surface area contributed by atoms with Crippen LogP contribution in [0.15, 0.2) is 152 Å². The van der Waals surface area contributed by atoms with Gasteiger partial charge >= 0.3 is 0 Å². The van der Waals surface area contributed by atoms with Gasteiger partial charge in [0.15, 0.2) is 0 Å². The van der Waals surface area contributed by atoms with Crippen LogP contribution in [0.4, 0.5) is 0 Å². The van der Waals surface area contributed by atoms with E-state index in [1.807, 2.05) is 66.7 Å². The van der Waals surface area contributed by atoms with Crippen molar-refractivity contribution in [1.82, 2.24) is 24.9 Å². The number of pyridine rings is 3. The number of rotatable bonds is 4. The topological polar surface area (TPSA) is 64.5 Å². The summed E-state index contributed by atoms with van der Waals surface area (Å²) in [5.41, 5.74) is 10.8. The molecule has 0 N–H and O–H groups in total. The van der Waals surface area contributed by atoms with Crippen LogP contribution in [0.1, 0.15) is 0 Å². The van der Waals surface area contributed by atoms with Crippen LogP contribution in [-0.2, 0) is 0 Å². The number of benzene rings is 5. The number of aromatic nitrogens is 5. The molecule has 4 heterocycles. The minimum Gasteiger partial charge on any atom is -0.255 e. The first-order chi connectivity index (χ1) is 22.8. The van der Waals surface area contributed by atoms with Gasteiger partial charge in [-0.05, 0) is 53.2 Å². The van der Waals surface area contributed by atoms with Gasteiger partial charge in [-0.3, -0.25) is 4.98 Å². The van der Waals surface area contributed by atoms with E-state index in [4.69, 9.17) is 19.9 Å². The zero-order valence-electron chi connectivity index (χ0n) is 24.7. The fourth-order valence-electron chi connectivity index (χ4n) is 6.22. The third-order valence-corrected chi connectivity index (χ3v) is 8.50. The van der Waals surface area contributed by atoms with E-state index in [1.165, 1.54) is 0 Å². The summed E-state index contributed by atoms with van der Waals surface area (Å²) < 4.78 is 0. The molecule has 0 unspecified atom stereocenters. The van der Waals surface area contributed by atoms with Gasteiger partial charge in [0, 0.05) is 33.7 Å². The summed E-state index contributed by atoms with van der Waals surface area (Å²) in [5.74, 6) is 0.